The van der Waals surface area contributed by atoms with Gasteiger partial charge in [0.05, 0.1) is 5.02 Å². The molecule has 0 bridgehead atoms. The Morgan fingerprint density at radius 3 is 2.71 bits per heavy atom. The van der Waals surface area contributed by atoms with E-state index in [0.717, 1.165) is 0 Å². The number of hydrogen-bond donors (Lipinski definition) is 2. The van der Waals surface area contributed by atoms with E-state index in [1.807, 2.05) is 6.07 Å². The summed E-state index contributed by atoms with van der Waals surface area (Å²) in [6, 6.07) is 5.91. The standard InChI is InChI=1S/C11H8Cl2N4O2S2/c1-20-11-7(5-14)10(15-16-11)17-21(18,19)9-3-2-6(12)4-8(9)13/h2-4H,1H3,(H2,15,16,17). The Kier molecular flexibility index (Phi) is 4.68. The second-order valence-electron chi connectivity index (χ2n) is 3.77. The molecule has 0 saturated carbocycles. The SMILES string of the molecule is CSc1n[nH]c(NS(=O)(=O)c2ccc(Cl)cc2Cl)c1C#N. The highest BCUT2D eigenvalue weighted by atomic mass is 35.5. The van der Waals surface area contributed by atoms with Gasteiger partial charge >= 0.3 is 0 Å². The van der Waals surface area contributed by atoms with Crippen molar-refractivity contribution in [2.45, 2.75) is 9.92 Å². The van der Waals surface area contributed by atoms with Gasteiger partial charge in [-0.1, -0.05) is 23.2 Å². The maximum atomic E-state index is 12.3. The summed E-state index contributed by atoms with van der Waals surface area (Å²) in [4.78, 5) is -0.141. The molecule has 1 heterocycles. The van der Waals surface area contributed by atoms with Crippen LogP contribution in [0.15, 0.2) is 28.1 Å². The van der Waals surface area contributed by atoms with Crippen LogP contribution >= 0.6 is 35.0 Å². The highest BCUT2D eigenvalue weighted by molar-refractivity contribution is 7.98. The molecule has 0 radical (unpaired) electrons. The topological polar surface area (TPSA) is 98.6 Å². The highest BCUT2D eigenvalue weighted by Gasteiger charge is 2.22. The van der Waals surface area contributed by atoms with Crippen molar-refractivity contribution in [2.24, 2.45) is 0 Å². The number of aromatic nitrogens is 2. The van der Waals surface area contributed by atoms with Gasteiger partial charge in [0.2, 0.25) is 0 Å². The van der Waals surface area contributed by atoms with E-state index in [0.29, 0.717) is 10.0 Å². The minimum atomic E-state index is -3.96. The molecule has 0 atom stereocenters. The predicted octanol–water partition coefficient (Wildman–Crippen LogP) is 3.11. The van der Waals surface area contributed by atoms with Gasteiger partial charge in [-0.2, -0.15) is 10.4 Å². The van der Waals surface area contributed by atoms with Crippen LogP contribution in [0.25, 0.3) is 0 Å². The van der Waals surface area contributed by atoms with Crippen LogP contribution < -0.4 is 4.72 Å². The largest absolute Gasteiger partial charge is 0.264 e. The lowest BCUT2D eigenvalue weighted by Crippen LogP contribution is -2.14. The summed E-state index contributed by atoms with van der Waals surface area (Å²) < 4.78 is 26.9. The summed E-state index contributed by atoms with van der Waals surface area (Å²) in [5.74, 6) is -0.00660. The van der Waals surface area contributed by atoms with E-state index < -0.39 is 10.0 Å². The van der Waals surface area contributed by atoms with Crippen molar-refractivity contribution in [1.29, 1.82) is 5.26 Å². The number of nitrogens with one attached hydrogen (secondary N) is 2. The third-order valence-corrected chi connectivity index (χ3v) is 5.21. The van der Waals surface area contributed by atoms with E-state index in [1.54, 1.807) is 6.26 Å². The van der Waals surface area contributed by atoms with Crippen LogP contribution in [-0.4, -0.2) is 24.9 Å². The molecule has 6 nitrogen and oxygen atoms in total. The molecule has 0 spiro atoms. The number of rotatable bonds is 4. The Morgan fingerprint density at radius 1 is 1.43 bits per heavy atom. The summed E-state index contributed by atoms with van der Waals surface area (Å²) >= 11 is 12.8. The van der Waals surface area contributed by atoms with Gasteiger partial charge in [-0.15, -0.1) is 11.8 Å². The van der Waals surface area contributed by atoms with Gasteiger partial charge in [0.25, 0.3) is 10.0 Å². The Morgan fingerprint density at radius 2 is 2.14 bits per heavy atom. The molecule has 0 aliphatic rings. The maximum Gasteiger partial charge on any atom is 0.264 e. The first-order valence-corrected chi connectivity index (χ1v) is 8.85. The number of thioether (sulfide) groups is 1. The molecule has 2 aromatic rings. The van der Waals surface area contributed by atoms with Crippen LogP contribution in [0, 0.1) is 11.3 Å². The third kappa shape index (κ3) is 3.27. The third-order valence-electron chi connectivity index (χ3n) is 2.46. The van der Waals surface area contributed by atoms with Crippen molar-refractivity contribution >= 4 is 50.8 Å². The zero-order valence-electron chi connectivity index (χ0n) is 10.5. The Labute approximate surface area is 135 Å². The maximum absolute atomic E-state index is 12.3. The molecular weight excluding hydrogens is 355 g/mol. The molecule has 0 fully saturated rings. The fourth-order valence-corrected chi connectivity index (χ4v) is 3.82. The number of nitrogens with zero attached hydrogens (tertiary/aromatic N) is 2. The molecule has 0 aliphatic carbocycles. The van der Waals surface area contributed by atoms with E-state index >= 15 is 0 Å². The van der Waals surface area contributed by atoms with Crippen LogP contribution in [0.4, 0.5) is 5.82 Å². The van der Waals surface area contributed by atoms with E-state index in [-0.39, 0.29) is 21.3 Å². The first-order valence-electron chi connectivity index (χ1n) is 5.39. The number of anilines is 1. The average molecular weight is 363 g/mol. The van der Waals surface area contributed by atoms with Crippen LogP contribution in [0.5, 0.6) is 0 Å². The molecule has 21 heavy (non-hydrogen) atoms. The Bertz CT molecular complexity index is 827. The van der Waals surface area contributed by atoms with Gasteiger partial charge in [0, 0.05) is 5.02 Å². The number of sulfonamides is 1. The Balaban J connectivity index is 2.43. The number of benzene rings is 1. The fourth-order valence-electron chi connectivity index (χ4n) is 1.53. The summed E-state index contributed by atoms with van der Waals surface area (Å²) in [6.07, 6.45) is 1.73. The van der Waals surface area contributed by atoms with Gasteiger partial charge in [-0.05, 0) is 24.5 Å². The molecule has 0 saturated heterocycles. The summed E-state index contributed by atoms with van der Waals surface area (Å²) in [5.41, 5.74) is 0.121. The van der Waals surface area contributed by atoms with Crippen LogP contribution in [-0.2, 0) is 10.0 Å². The quantitative estimate of drug-likeness (QED) is 0.814. The van der Waals surface area contributed by atoms with Gasteiger partial charge in [-0.3, -0.25) is 9.82 Å². The minimum Gasteiger partial charge on any atom is -0.263 e. The number of aromatic amines is 1. The van der Waals surface area contributed by atoms with Gasteiger partial charge in [-0.25, -0.2) is 8.42 Å². The average Bonchev–Trinajstić information content (AvgIpc) is 2.79. The van der Waals surface area contributed by atoms with E-state index in [1.165, 1.54) is 30.0 Å². The molecule has 0 amide bonds. The second-order valence-corrected chi connectivity index (χ2v) is 7.06. The number of halogens is 2. The highest BCUT2D eigenvalue weighted by Crippen LogP contribution is 2.29. The molecular formula is C11H8Cl2N4O2S2. The lowest BCUT2D eigenvalue weighted by atomic mass is 10.4. The van der Waals surface area contributed by atoms with E-state index in [9.17, 15) is 8.42 Å². The molecule has 0 unspecified atom stereocenters. The Hall–Kier alpha value is -1.40. The van der Waals surface area contributed by atoms with Crippen molar-refractivity contribution < 1.29 is 8.42 Å². The smallest absolute Gasteiger partial charge is 0.263 e. The van der Waals surface area contributed by atoms with Crippen LogP contribution in [0.2, 0.25) is 10.0 Å². The van der Waals surface area contributed by atoms with Crippen molar-refractivity contribution in [2.75, 3.05) is 11.0 Å². The predicted molar refractivity (Wildman–Crippen MR) is 82.4 cm³/mol. The van der Waals surface area contributed by atoms with Gasteiger partial charge in [0.1, 0.15) is 21.6 Å². The number of hydrogen-bond acceptors (Lipinski definition) is 5. The molecule has 110 valence electrons. The number of H-pyrrole nitrogens is 1. The molecule has 1 aromatic carbocycles. The van der Waals surface area contributed by atoms with Crippen molar-refractivity contribution in [3.8, 4) is 6.07 Å². The molecule has 1 aromatic heterocycles. The zero-order valence-corrected chi connectivity index (χ0v) is 13.7. The van der Waals surface area contributed by atoms with Crippen LogP contribution in [0.1, 0.15) is 5.56 Å². The monoisotopic (exact) mass is 362 g/mol. The fraction of sp³-hybridized carbons (Fsp3) is 0.0909. The van der Waals surface area contributed by atoms with E-state index in [4.69, 9.17) is 28.5 Å². The zero-order chi connectivity index (χ0) is 15.6. The summed E-state index contributed by atoms with van der Waals surface area (Å²) in [5, 5.41) is 16.1. The normalized spacial score (nSPS) is 11.1. The van der Waals surface area contributed by atoms with Crippen molar-refractivity contribution in [3.05, 3.63) is 33.8 Å². The minimum absolute atomic E-state index is 0.00660. The van der Waals surface area contributed by atoms with Gasteiger partial charge < -0.3 is 0 Å². The lowest BCUT2D eigenvalue weighted by Gasteiger charge is -2.08. The summed E-state index contributed by atoms with van der Waals surface area (Å²) in [6.45, 7) is 0. The van der Waals surface area contributed by atoms with Crippen molar-refractivity contribution in [1.82, 2.24) is 10.2 Å². The molecule has 2 N–H and O–H groups in total. The summed E-state index contributed by atoms with van der Waals surface area (Å²) in [7, 11) is -3.96. The second kappa shape index (κ2) is 6.15. The number of nitriles is 1. The molecule has 2 rings (SSSR count). The first kappa shape index (κ1) is 16.0. The molecule has 10 heteroatoms. The molecule has 0 aliphatic heterocycles. The van der Waals surface area contributed by atoms with Gasteiger partial charge in [0.15, 0.2) is 5.82 Å². The van der Waals surface area contributed by atoms with Crippen LogP contribution in [0.3, 0.4) is 0 Å². The lowest BCUT2D eigenvalue weighted by molar-refractivity contribution is 0.601. The first-order chi connectivity index (χ1) is 9.89. The van der Waals surface area contributed by atoms with Crippen molar-refractivity contribution in [3.63, 3.8) is 0 Å². The van der Waals surface area contributed by atoms with E-state index in [2.05, 4.69) is 14.9 Å².